The van der Waals surface area contributed by atoms with Crippen molar-refractivity contribution in [3.63, 3.8) is 0 Å². The Morgan fingerprint density at radius 1 is 1.26 bits per heavy atom. The lowest BCUT2D eigenvalue weighted by Crippen LogP contribution is -2.72. The van der Waals surface area contributed by atoms with Gasteiger partial charge >= 0.3 is 12.1 Å². The van der Waals surface area contributed by atoms with Gasteiger partial charge in [-0.1, -0.05) is 16.9 Å². The molecule has 0 unspecified atom stereocenters. The Morgan fingerprint density at radius 3 is 2.56 bits per heavy atom. The van der Waals surface area contributed by atoms with Crippen LogP contribution in [-0.4, -0.2) is 69.5 Å². The van der Waals surface area contributed by atoms with E-state index in [-0.39, 0.29) is 33.0 Å². The van der Waals surface area contributed by atoms with Crippen LogP contribution in [0.3, 0.4) is 0 Å². The molecule has 2 aromatic heterocycles. The third-order valence-corrected chi connectivity index (χ3v) is 7.16. The van der Waals surface area contributed by atoms with Gasteiger partial charge in [0.1, 0.15) is 11.7 Å². The predicted molar refractivity (Wildman–Crippen MR) is 110 cm³/mol. The van der Waals surface area contributed by atoms with Gasteiger partial charge in [0.2, 0.25) is 17.4 Å². The van der Waals surface area contributed by atoms with Crippen LogP contribution < -0.4 is 11.1 Å². The zero-order valence-electron chi connectivity index (χ0n) is 16.3. The number of β-lactam (4-membered cyclic amide) rings is 1. The number of carbonyl (C=O) groups excluding carboxylic acids is 2. The number of allylic oxidation sites excluding steroid dienone is 1. The fourth-order valence-electron chi connectivity index (χ4n) is 3.33. The first-order chi connectivity index (χ1) is 16.0. The Labute approximate surface area is 198 Å². The number of rotatable bonds is 6. The van der Waals surface area contributed by atoms with Crippen molar-refractivity contribution in [1.82, 2.24) is 28.9 Å². The van der Waals surface area contributed by atoms with E-state index in [0.29, 0.717) is 23.3 Å². The molecule has 19 heteroatoms. The van der Waals surface area contributed by atoms with Crippen LogP contribution in [0.2, 0.25) is 0 Å². The lowest BCUT2D eigenvalue weighted by molar-refractivity contribution is -0.155. The highest BCUT2D eigenvalue weighted by atomic mass is 32.2. The van der Waals surface area contributed by atoms with Gasteiger partial charge in [0.15, 0.2) is 9.47 Å². The lowest BCUT2D eigenvalue weighted by Gasteiger charge is -2.49. The van der Waals surface area contributed by atoms with Crippen molar-refractivity contribution in [2.75, 3.05) is 5.73 Å². The Balaban J connectivity index is 1.52. The van der Waals surface area contributed by atoms with Gasteiger partial charge in [-0.05, 0) is 24.4 Å². The fraction of sp³-hybridized carbons (Fsp3) is 0.333. The number of nitrogens with two attached hydrogens (primary N) is 1. The van der Waals surface area contributed by atoms with Crippen LogP contribution in [0.4, 0.5) is 18.3 Å². The van der Waals surface area contributed by atoms with Gasteiger partial charge < -0.3 is 21.4 Å². The monoisotopic (exact) mass is 536 g/mol. The number of hydrogen-bond acceptors (Lipinski definition) is 13. The first-order valence-corrected chi connectivity index (χ1v) is 11.4. The van der Waals surface area contributed by atoms with Crippen molar-refractivity contribution < 1.29 is 37.9 Å². The van der Waals surface area contributed by atoms with E-state index in [1.165, 1.54) is 0 Å². The number of hydrogen-bond donors (Lipinski definition) is 4. The van der Waals surface area contributed by atoms with E-state index in [4.69, 9.17) is 10.9 Å². The Hall–Kier alpha value is -3.32. The SMILES string of the molecule is Nc1nc(/C(=N/O)C(=O)N[C@@H]2C(=O)N3C(C(=O)O)=C(Sc4nc(C(F)(F)F)ns4)CC[C@H]23)ns1. The summed E-state index contributed by atoms with van der Waals surface area (Å²) in [4.78, 5) is 45.3. The number of oxime groups is 1. The quantitative estimate of drug-likeness (QED) is 0.176. The van der Waals surface area contributed by atoms with Crippen LogP contribution in [0.1, 0.15) is 24.5 Å². The van der Waals surface area contributed by atoms with E-state index >= 15 is 0 Å². The summed E-state index contributed by atoms with van der Waals surface area (Å²) in [6.07, 6.45) is -4.44. The lowest BCUT2D eigenvalue weighted by atomic mass is 9.86. The van der Waals surface area contributed by atoms with Crippen LogP contribution in [0.15, 0.2) is 20.1 Å². The number of alkyl halides is 3. The largest absolute Gasteiger partial charge is 0.477 e. The summed E-state index contributed by atoms with van der Waals surface area (Å²) in [5.41, 5.74) is 4.45. The highest BCUT2D eigenvalue weighted by Gasteiger charge is 2.54. The number of carboxylic acids is 1. The van der Waals surface area contributed by atoms with Gasteiger partial charge in [0, 0.05) is 16.4 Å². The average molecular weight is 536 g/mol. The molecule has 2 aliphatic heterocycles. The molecule has 0 bridgehead atoms. The zero-order valence-corrected chi connectivity index (χ0v) is 18.8. The van der Waals surface area contributed by atoms with E-state index in [2.05, 4.69) is 29.2 Å². The number of nitrogens with zero attached hydrogens (tertiary/aromatic N) is 6. The average Bonchev–Trinajstić information content (AvgIpc) is 3.41. The van der Waals surface area contributed by atoms with Crippen LogP contribution in [0.25, 0.3) is 0 Å². The molecule has 2 amide bonds. The Morgan fingerprint density at radius 2 is 2.00 bits per heavy atom. The number of amides is 2. The normalized spacial score (nSPS) is 20.7. The molecule has 2 atom stereocenters. The highest BCUT2D eigenvalue weighted by molar-refractivity contribution is 8.04. The molecular weight excluding hydrogens is 525 g/mol. The molecular formula is C15H11F3N8O5S3. The Kier molecular flexibility index (Phi) is 6.16. The second-order valence-corrected chi connectivity index (χ2v) is 9.61. The number of carboxylic acid groups (broad SMARTS) is 1. The maximum absolute atomic E-state index is 12.7. The minimum atomic E-state index is -4.74. The summed E-state index contributed by atoms with van der Waals surface area (Å²) >= 11 is 1.90. The number of fused-ring (bicyclic) bond motifs is 1. The fourth-order valence-corrected chi connectivity index (χ4v) is 5.61. The summed E-state index contributed by atoms with van der Waals surface area (Å²) < 4.78 is 45.1. The summed E-state index contributed by atoms with van der Waals surface area (Å²) in [5, 5.41) is 24.0. The number of aliphatic carboxylic acids is 1. The molecule has 1 fully saturated rings. The molecule has 5 N–H and O–H groups in total. The molecule has 2 aromatic rings. The zero-order chi connectivity index (χ0) is 24.8. The number of halogens is 3. The molecule has 4 rings (SSSR count). The topological polar surface area (TPSA) is 197 Å². The summed E-state index contributed by atoms with van der Waals surface area (Å²) in [6.45, 7) is 0. The molecule has 0 aromatic carbocycles. The summed E-state index contributed by atoms with van der Waals surface area (Å²) in [6, 6.07) is -1.86. The van der Waals surface area contributed by atoms with Crippen molar-refractivity contribution in [1.29, 1.82) is 0 Å². The third kappa shape index (κ3) is 4.28. The maximum Gasteiger partial charge on any atom is 0.452 e. The smallest absolute Gasteiger partial charge is 0.452 e. The molecule has 13 nitrogen and oxygen atoms in total. The second-order valence-electron chi connectivity index (χ2n) is 6.73. The van der Waals surface area contributed by atoms with Crippen LogP contribution in [0.5, 0.6) is 0 Å². The first-order valence-electron chi connectivity index (χ1n) is 9.02. The van der Waals surface area contributed by atoms with E-state index in [1.807, 2.05) is 0 Å². The number of nitrogen functional groups attached to an aromatic ring is 1. The number of carbonyl (C=O) groups is 3. The van der Waals surface area contributed by atoms with Crippen molar-refractivity contribution in [2.45, 2.75) is 35.4 Å². The maximum atomic E-state index is 12.7. The van der Waals surface area contributed by atoms with Gasteiger partial charge in [-0.15, -0.1) is 0 Å². The minimum absolute atomic E-state index is 0.0150. The van der Waals surface area contributed by atoms with Crippen molar-refractivity contribution in [3.8, 4) is 0 Å². The van der Waals surface area contributed by atoms with Gasteiger partial charge in [-0.3, -0.25) is 14.5 Å². The number of aromatic nitrogens is 4. The molecule has 0 aliphatic carbocycles. The molecule has 0 radical (unpaired) electrons. The molecule has 0 spiro atoms. The molecule has 0 saturated carbocycles. The molecule has 180 valence electrons. The minimum Gasteiger partial charge on any atom is -0.477 e. The van der Waals surface area contributed by atoms with Gasteiger partial charge in [0.25, 0.3) is 11.8 Å². The molecule has 1 saturated heterocycles. The third-order valence-electron chi connectivity index (χ3n) is 4.72. The Bertz CT molecular complexity index is 1240. The van der Waals surface area contributed by atoms with Crippen LogP contribution in [0, 0.1) is 0 Å². The first kappa shape index (κ1) is 23.8. The standard InChI is InChI=1S/C15H11F3N8O5S3/c16-15(17,18)12-22-14(34-25-12)32-4-2-1-3-5(10(28)26(3)7(4)11(29)30)20-9(27)6(23-31)8-21-13(19)33-24-8/h3,5,31H,1-2H2,(H,20,27)(H,29,30)(H2,19,21,24)/b23-6-/t3-,5+/m1/s1. The number of thioether (sulfide) groups is 1. The number of anilines is 1. The van der Waals surface area contributed by atoms with Gasteiger partial charge in [-0.25, -0.2) is 9.78 Å². The molecule has 2 aliphatic rings. The molecule has 4 heterocycles. The van der Waals surface area contributed by atoms with Crippen molar-refractivity contribution >= 4 is 63.5 Å². The van der Waals surface area contributed by atoms with Gasteiger partial charge in [0.05, 0.1) is 6.04 Å². The summed E-state index contributed by atoms with van der Waals surface area (Å²) in [5.74, 6) is -4.80. The van der Waals surface area contributed by atoms with Gasteiger partial charge in [-0.2, -0.15) is 26.9 Å². The molecule has 34 heavy (non-hydrogen) atoms. The second kappa shape index (κ2) is 8.80. The van der Waals surface area contributed by atoms with Crippen LogP contribution in [-0.2, 0) is 20.6 Å². The predicted octanol–water partition coefficient (Wildman–Crippen LogP) is 0.747. The number of nitrogens with one attached hydrogen (secondary N) is 1. The highest BCUT2D eigenvalue weighted by Crippen LogP contribution is 2.44. The summed E-state index contributed by atoms with van der Waals surface area (Å²) in [7, 11) is 0. The van der Waals surface area contributed by atoms with E-state index in [9.17, 15) is 32.7 Å². The van der Waals surface area contributed by atoms with Crippen molar-refractivity contribution in [3.05, 3.63) is 22.3 Å². The van der Waals surface area contributed by atoms with Crippen LogP contribution >= 0.6 is 34.8 Å². The van der Waals surface area contributed by atoms with E-state index < -0.39 is 53.3 Å². The van der Waals surface area contributed by atoms with E-state index in [0.717, 1.165) is 16.4 Å². The van der Waals surface area contributed by atoms with Crippen molar-refractivity contribution in [2.24, 2.45) is 5.16 Å². The van der Waals surface area contributed by atoms with E-state index in [1.54, 1.807) is 0 Å².